The molecule has 1 aromatic heterocycles. The minimum Gasteiger partial charge on any atom is -0.351 e. The van der Waals surface area contributed by atoms with Crippen molar-refractivity contribution in [2.24, 2.45) is 0 Å². The summed E-state index contributed by atoms with van der Waals surface area (Å²) in [6.45, 7) is 4.23. The van der Waals surface area contributed by atoms with Crippen LogP contribution in [0.5, 0.6) is 0 Å². The number of carbonyl (C=O) groups excluding carboxylic acids is 1. The van der Waals surface area contributed by atoms with Gasteiger partial charge in [-0.15, -0.1) is 11.3 Å². The highest BCUT2D eigenvalue weighted by atomic mass is 32.1. The Kier molecular flexibility index (Phi) is 5.19. The average Bonchev–Trinajstić information content (AvgIpc) is 3.24. The lowest BCUT2D eigenvalue weighted by Crippen LogP contribution is -2.28. The molecule has 4 nitrogen and oxygen atoms in total. The predicted molar refractivity (Wildman–Crippen MR) is 90.2 cm³/mol. The highest BCUT2D eigenvalue weighted by Gasteiger charge is 2.13. The molecule has 0 atom stereocenters. The molecule has 1 aliphatic rings. The zero-order valence-corrected chi connectivity index (χ0v) is 13.4. The van der Waals surface area contributed by atoms with E-state index in [1.54, 1.807) is 6.20 Å². The molecule has 0 unspecified atom stereocenters. The number of carbonyl (C=O) groups is 1. The maximum Gasteiger partial charge on any atom is 0.263 e. The van der Waals surface area contributed by atoms with Crippen LogP contribution in [-0.4, -0.2) is 42.0 Å². The first-order chi connectivity index (χ1) is 10.8. The minimum absolute atomic E-state index is 0.0129. The second kappa shape index (κ2) is 7.51. The maximum absolute atomic E-state index is 12.1. The zero-order valence-electron chi connectivity index (χ0n) is 12.6. The molecule has 5 heteroatoms. The number of rotatable bonds is 6. The summed E-state index contributed by atoms with van der Waals surface area (Å²) in [5.74, 6) is -0.0129. The van der Waals surface area contributed by atoms with E-state index in [1.165, 1.54) is 37.3 Å². The number of hydrogen-bond donors (Lipinski definition) is 1. The Morgan fingerprint density at radius 2 is 2.00 bits per heavy atom. The minimum atomic E-state index is -0.0129. The molecule has 0 saturated carbocycles. The summed E-state index contributed by atoms with van der Waals surface area (Å²) < 4.78 is 0. The van der Waals surface area contributed by atoms with Crippen molar-refractivity contribution in [3.63, 3.8) is 0 Å². The molecule has 1 aromatic carbocycles. The second-order valence-electron chi connectivity index (χ2n) is 5.55. The van der Waals surface area contributed by atoms with Crippen LogP contribution < -0.4 is 5.32 Å². The van der Waals surface area contributed by atoms with E-state index in [9.17, 15) is 4.79 Å². The summed E-state index contributed by atoms with van der Waals surface area (Å²) in [4.78, 5) is 19.6. The first kappa shape index (κ1) is 15.2. The van der Waals surface area contributed by atoms with Crippen molar-refractivity contribution in [1.29, 1.82) is 0 Å². The Hall–Kier alpha value is -1.72. The van der Waals surface area contributed by atoms with E-state index in [2.05, 4.69) is 15.2 Å². The van der Waals surface area contributed by atoms with Crippen LogP contribution in [0.3, 0.4) is 0 Å². The van der Waals surface area contributed by atoms with Crippen LogP contribution in [-0.2, 0) is 0 Å². The van der Waals surface area contributed by atoms with Gasteiger partial charge in [0.25, 0.3) is 5.91 Å². The number of amides is 1. The fourth-order valence-corrected chi connectivity index (χ4v) is 3.53. The summed E-state index contributed by atoms with van der Waals surface area (Å²) in [7, 11) is 0. The SMILES string of the molecule is O=C(NCCCN1CCCC1)c1cnc(-c2ccccc2)s1. The van der Waals surface area contributed by atoms with Gasteiger partial charge in [-0.25, -0.2) is 4.98 Å². The molecule has 2 aromatic rings. The topological polar surface area (TPSA) is 45.2 Å². The van der Waals surface area contributed by atoms with Crippen molar-refractivity contribution in [3.05, 3.63) is 41.4 Å². The molecule has 1 aliphatic heterocycles. The maximum atomic E-state index is 12.1. The molecule has 0 aliphatic carbocycles. The molecule has 116 valence electrons. The third-order valence-electron chi connectivity index (χ3n) is 3.89. The van der Waals surface area contributed by atoms with Gasteiger partial charge in [-0.05, 0) is 38.9 Å². The van der Waals surface area contributed by atoms with Gasteiger partial charge in [0, 0.05) is 12.1 Å². The standard InChI is InChI=1S/C17H21N3OS/c21-16(18-9-6-12-20-10-4-5-11-20)15-13-19-17(22-15)14-7-2-1-3-8-14/h1-3,7-8,13H,4-6,9-12H2,(H,18,21). The van der Waals surface area contributed by atoms with Crippen molar-refractivity contribution >= 4 is 17.2 Å². The van der Waals surface area contributed by atoms with E-state index < -0.39 is 0 Å². The fourth-order valence-electron chi connectivity index (χ4n) is 2.69. The Balaban J connectivity index is 1.47. The van der Waals surface area contributed by atoms with Crippen molar-refractivity contribution in [3.8, 4) is 10.6 Å². The van der Waals surface area contributed by atoms with Crippen LogP contribution in [0.2, 0.25) is 0 Å². The lowest BCUT2D eigenvalue weighted by Gasteiger charge is -2.13. The van der Waals surface area contributed by atoms with Gasteiger partial charge in [0.05, 0.1) is 6.20 Å². The van der Waals surface area contributed by atoms with Crippen LogP contribution in [0.15, 0.2) is 36.5 Å². The van der Waals surface area contributed by atoms with E-state index in [0.717, 1.165) is 30.1 Å². The normalized spacial score (nSPS) is 15.1. The van der Waals surface area contributed by atoms with Crippen LogP contribution in [0.4, 0.5) is 0 Å². The van der Waals surface area contributed by atoms with E-state index in [-0.39, 0.29) is 5.91 Å². The molecule has 1 saturated heterocycles. The number of nitrogens with one attached hydrogen (secondary N) is 1. The molecule has 0 bridgehead atoms. The van der Waals surface area contributed by atoms with E-state index in [0.29, 0.717) is 4.88 Å². The van der Waals surface area contributed by atoms with Crippen molar-refractivity contribution < 1.29 is 4.79 Å². The van der Waals surface area contributed by atoms with E-state index in [1.807, 2.05) is 30.3 Å². The Morgan fingerprint density at radius 3 is 2.77 bits per heavy atom. The van der Waals surface area contributed by atoms with Crippen molar-refractivity contribution in [1.82, 2.24) is 15.2 Å². The van der Waals surface area contributed by atoms with Gasteiger partial charge in [-0.2, -0.15) is 0 Å². The van der Waals surface area contributed by atoms with Crippen LogP contribution in [0.1, 0.15) is 28.9 Å². The van der Waals surface area contributed by atoms with Gasteiger partial charge in [0.2, 0.25) is 0 Å². The number of hydrogen-bond acceptors (Lipinski definition) is 4. The van der Waals surface area contributed by atoms with Gasteiger partial charge in [0.1, 0.15) is 9.88 Å². The fraction of sp³-hybridized carbons (Fsp3) is 0.412. The monoisotopic (exact) mass is 315 g/mol. The van der Waals surface area contributed by atoms with Crippen molar-refractivity contribution in [2.75, 3.05) is 26.2 Å². The van der Waals surface area contributed by atoms with Gasteiger partial charge in [-0.1, -0.05) is 30.3 Å². The predicted octanol–water partition coefficient (Wildman–Crippen LogP) is 3.03. The first-order valence-electron chi connectivity index (χ1n) is 7.85. The first-order valence-corrected chi connectivity index (χ1v) is 8.66. The molecule has 3 rings (SSSR count). The number of likely N-dealkylation sites (tertiary alicyclic amines) is 1. The quantitative estimate of drug-likeness (QED) is 0.834. The van der Waals surface area contributed by atoms with Crippen LogP contribution in [0, 0.1) is 0 Å². The second-order valence-corrected chi connectivity index (χ2v) is 6.58. The molecule has 0 radical (unpaired) electrons. The largest absolute Gasteiger partial charge is 0.351 e. The number of aromatic nitrogens is 1. The third kappa shape index (κ3) is 3.93. The summed E-state index contributed by atoms with van der Waals surface area (Å²) in [5, 5.41) is 3.88. The molecule has 2 heterocycles. The van der Waals surface area contributed by atoms with Crippen LogP contribution >= 0.6 is 11.3 Å². The Labute approximate surface area is 135 Å². The smallest absolute Gasteiger partial charge is 0.263 e. The van der Waals surface area contributed by atoms with E-state index in [4.69, 9.17) is 0 Å². The van der Waals surface area contributed by atoms with Gasteiger partial charge in [0.15, 0.2) is 0 Å². The molecular formula is C17H21N3OS. The van der Waals surface area contributed by atoms with Gasteiger partial charge < -0.3 is 10.2 Å². The molecular weight excluding hydrogens is 294 g/mol. The zero-order chi connectivity index (χ0) is 15.2. The summed E-state index contributed by atoms with van der Waals surface area (Å²) in [6, 6.07) is 9.96. The van der Waals surface area contributed by atoms with Crippen LogP contribution in [0.25, 0.3) is 10.6 Å². The third-order valence-corrected chi connectivity index (χ3v) is 4.93. The summed E-state index contributed by atoms with van der Waals surface area (Å²) >= 11 is 1.44. The summed E-state index contributed by atoms with van der Waals surface area (Å²) in [6.07, 6.45) is 5.31. The average molecular weight is 315 g/mol. The van der Waals surface area contributed by atoms with Gasteiger partial charge in [-0.3, -0.25) is 4.79 Å². The molecule has 1 amide bonds. The number of benzene rings is 1. The summed E-state index contributed by atoms with van der Waals surface area (Å²) in [5.41, 5.74) is 1.06. The molecule has 1 N–H and O–H groups in total. The lowest BCUT2D eigenvalue weighted by molar-refractivity contribution is 0.0956. The van der Waals surface area contributed by atoms with Crippen molar-refractivity contribution in [2.45, 2.75) is 19.3 Å². The highest BCUT2D eigenvalue weighted by Crippen LogP contribution is 2.24. The Bertz CT molecular complexity index is 605. The number of nitrogens with zero attached hydrogens (tertiary/aromatic N) is 2. The number of thiazole rings is 1. The molecule has 22 heavy (non-hydrogen) atoms. The van der Waals surface area contributed by atoms with Gasteiger partial charge >= 0.3 is 0 Å². The van der Waals surface area contributed by atoms with E-state index >= 15 is 0 Å². The highest BCUT2D eigenvalue weighted by molar-refractivity contribution is 7.16. The Morgan fingerprint density at radius 1 is 1.23 bits per heavy atom. The lowest BCUT2D eigenvalue weighted by atomic mass is 10.2. The molecule has 0 spiro atoms. The molecule has 1 fully saturated rings.